The van der Waals surface area contributed by atoms with Gasteiger partial charge in [0.1, 0.15) is 0 Å². The van der Waals surface area contributed by atoms with Gasteiger partial charge in [-0.3, -0.25) is 9.10 Å². The van der Waals surface area contributed by atoms with Crippen LogP contribution in [0.5, 0.6) is 11.5 Å². The minimum atomic E-state index is -3.58. The second-order valence-corrected chi connectivity index (χ2v) is 8.35. The molecule has 2 rings (SSSR count). The molecule has 2 aromatic rings. The molecule has 7 nitrogen and oxygen atoms in total. The van der Waals surface area contributed by atoms with E-state index in [1.807, 2.05) is 0 Å². The van der Waals surface area contributed by atoms with E-state index in [9.17, 15) is 13.2 Å². The molecule has 0 saturated heterocycles. The molecular weight excluding hydrogens is 424 g/mol. The Morgan fingerprint density at radius 3 is 2.12 bits per heavy atom. The molecule has 140 valence electrons. The smallest absolute Gasteiger partial charge is 0.257 e. The van der Waals surface area contributed by atoms with Gasteiger partial charge in [0.25, 0.3) is 5.91 Å². The number of rotatable bonds is 6. The van der Waals surface area contributed by atoms with Crippen LogP contribution in [0.2, 0.25) is 0 Å². The lowest BCUT2D eigenvalue weighted by molar-refractivity contribution is 0.102. The van der Waals surface area contributed by atoms with Gasteiger partial charge in [-0.15, -0.1) is 0 Å². The fraction of sp³-hybridized carbons (Fsp3) is 0.235. The van der Waals surface area contributed by atoms with E-state index >= 15 is 0 Å². The van der Waals surface area contributed by atoms with Crippen molar-refractivity contribution in [3.63, 3.8) is 0 Å². The molecule has 0 spiro atoms. The first-order valence-electron chi connectivity index (χ1n) is 7.44. The van der Waals surface area contributed by atoms with Crippen molar-refractivity contribution < 1.29 is 22.7 Å². The summed E-state index contributed by atoms with van der Waals surface area (Å²) in [5.74, 6) is 0.163. The highest BCUT2D eigenvalue weighted by Crippen LogP contribution is 2.36. The quantitative estimate of drug-likeness (QED) is 0.742. The highest BCUT2D eigenvalue weighted by atomic mass is 79.9. The Morgan fingerprint density at radius 2 is 1.62 bits per heavy atom. The van der Waals surface area contributed by atoms with Crippen LogP contribution < -0.4 is 19.1 Å². The van der Waals surface area contributed by atoms with E-state index in [0.717, 1.165) is 15.0 Å². The van der Waals surface area contributed by atoms with Crippen LogP contribution in [0.3, 0.4) is 0 Å². The number of hydrogen-bond acceptors (Lipinski definition) is 5. The number of sulfonamides is 1. The van der Waals surface area contributed by atoms with E-state index in [4.69, 9.17) is 9.47 Å². The summed E-state index contributed by atoms with van der Waals surface area (Å²) in [7, 11) is 0.657. The van der Waals surface area contributed by atoms with Crippen molar-refractivity contribution >= 4 is 43.2 Å². The number of carbonyl (C=O) groups excluding carboxylic acids is 1. The number of nitrogens with zero attached hydrogens (tertiary/aromatic N) is 1. The molecule has 0 radical (unpaired) electrons. The topological polar surface area (TPSA) is 84.9 Å². The van der Waals surface area contributed by atoms with Gasteiger partial charge in [0.05, 0.1) is 31.7 Å². The van der Waals surface area contributed by atoms with Crippen molar-refractivity contribution in [3.8, 4) is 11.5 Å². The molecule has 0 fully saturated rings. The lowest BCUT2D eigenvalue weighted by Crippen LogP contribution is -2.28. The highest BCUT2D eigenvalue weighted by molar-refractivity contribution is 9.10. The van der Waals surface area contributed by atoms with Crippen LogP contribution in [-0.4, -0.2) is 41.8 Å². The summed E-state index contributed by atoms with van der Waals surface area (Å²) >= 11 is 3.33. The lowest BCUT2D eigenvalue weighted by Gasteiger charge is -2.22. The first-order valence-corrected chi connectivity index (χ1v) is 10.1. The van der Waals surface area contributed by atoms with Crippen molar-refractivity contribution in [3.05, 3.63) is 46.4 Å². The van der Waals surface area contributed by atoms with Crippen molar-refractivity contribution in [2.24, 2.45) is 0 Å². The van der Waals surface area contributed by atoms with E-state index in [1.54, 1.807) is 24.3 Å². The van der Waals surface area contributed by atoms with E-state index in [2.05, 4.69) is 21.2 Å². The first kappa shape index (κ1) is 20.1. The normalized spacial score (nSPS) is 11.0. The minimum absolute atomic E-state index is 0.137. The summed E-state index contributed by atoms with van der Waals surface area (Å²) in [6, 6.07) is 9.92. The fourth-order valence-corrected chi connectivity index (χ4v) is 2.99. The monoisotopic (exact) mass is 442 g/mol. The van der Waals surface area contributed by atoms with E-state index in [0.29, 0.717) is 17.2 Å². The van der Waals surface area contributed by atoms with Gasteiger partial charge in [0, 0.05) is 23.3 Å². The van der Waals surface area contributed by atoms with Gasteiger partial charge in [0.15, 0.2) is 11.5 Å². The Morgan fingerprint density at radius 1 is 1.08 bits per heavy atom. The minimum Gasteiger partial charge on any atom is -0.493 e. The van der Waals surface area contributed by atoms with Crippen LogP contribution in [0, 0.1) is 0 Å². The molecule has 0 aromatic heterocycles. The predicted molar refractivity (Wildman–Crippen MR) is 105 cm³/mol. The van der Waals surface area contributed by atoms with Crippen molar-refractivity contribution in [1.82, 2.24) is 0 Å². The van der Waals surface area contributed by atoms with Gasteiger partial charge in [-0.2, -0.15) is 0 Å². The van der Waals surface area contributed by atoms with Crippen molar-refractivity contribution in [1.29, 1.82) is 0 Å². The molecule has 0 heterocycles. The van der Waals surface area contributed by atoms with Crippen LogP contribution in [0.25, 0.3) is 0 Å². The van der Waals surface area contributed by atoms with Crippen LogP contribution in [0.1, 0.15) is 10.4 Å². The molecule has 0 bridgehead atoms. The maximum atomic E-state index is 12.8. The largest absolute Gasteiger partial charge is 0.493 e. The number of halogens is 1. The Labute approximate surface area is 161 Å². The number of hydrogen-bond donors (Lipinski definition) is 1. The number of nitrogens with one attached hydrogen (secondary N) is 1. The second-order valence-electron chi connectivity index (χ2n) is 5.42. The number of carbonyl (C=O) groups is 1. The van der Waals surface area contributed by atoms with Crippen LogP contribution in [0.15, 0.2) is 40.9 Å². The van der Waals surface area contributed by atoms with Gasteiger partial charge >= 0.3 is 0 Å². The molecule has 2 aromatic carbocycles. The van der Waals surface area contributed by atoms with Gasteiger partial charge in [-0.05, 0) is 30.3 Å². The second kappa shape index (κ2) is 7.96. The lowest BCUT2D eigenvalue weighted by atomic mass is 10.1. The summed E-state index contributed by atoms with van der Waals surface area (Å²) < 4.78 is 36.3. The molecule has 0 saturated carbocycles. The third-order valence-corrected chi connectivity index (χ3v) is 5.41. The molecule has 1 amide bonds. The zero-order valence-electron chi connectivity index (χ0n) is 14.7. The third kappa shape index (κ3) is 4.47. The fourth-order valence-electron chi connectivity index (χ4n) is 2.22. The third-order valence-electron chi connectivity index (χ3n) is 3.69. The highest BCUT2D eigenvalue weighted by Gasteiger charge is 2.23. The molecule has 9 heteroatoms. The maximum absolute atomic E-state index is 12.8. The van der Waals surface area contributed by atoms with Crippen molar-refractivity contribution in [2.45, 2.75) is 0 Å². The van der Waals surface area contributed by atoms with Gasteiger partial charge in [-0.1, -0.05) is 15.9 Å². The molecule has 1 N–H and O–H groups in total. The van der Waals surface area contributed by atoms with Gasteiger partial charge in [0.2, 0.25) is 10.0 Å². The van der Waals surface area contributed by atoms with Crippen LogP contribution >= 0.6 is 15.9 Å². The maximum Gasteiger partial charge on any atom is 0.257 e. The zero-order valence-corrected chi connectivity index (χ0v) is 17.1. The SMILES string of the molecule is COc1cc(C(=O)Nc2ccc(Br)cc2)c(N(C)S(C)(=O)=O)cc1OC. The average Bonchev–Trinajstić information content (AvgIpc) is 2.60. The van der Waals surface area contributed by atoms with Gasteiger partial charge in [-0.25, -0.2) is 8.42 Å². The first-order chi connectivity index (χ1) is 12.2. The Hall–Kier alpha value is -2.26. The molecular formula is C17H19BrN2O5S. The summed E-state index contributed by atoms with van der Waals surface area (Å²) in [5, 5.41) is 2.74. The molecule has 0 unspecified atom stereocenters. The molecule has 0 aliphatic heterocycles. The van der Waals surface area contributed by atoms with E-state index in [-0.39, 0.29) is 11.3 Å². The summed E-state index contributed by atoms with van der Waals surface area (Å²) in [5.41, 5.74) is 0.888. The van der Waals surface area contributed by atoms with E-state index in [1.165, 1.54) is 33.4 Å². The Balaban J connectivity index is 2.53. The average molecular weight is 443 g/mol. The summed E-state index contributed by atoms with van der Waals surface area (Å²) in [6.45, 7) is 0. The molecule has 0 aliphatic carbocycles. The van der Waals surface area contributed by atoms with Crippen LogP contribution in [0.4, 0.5) is 11.4 Å². The zero-order chi connectivity index (χ0) is 19.5. The summed E-state index contributed by atoms with van der Waals surface area (Å²) in [4.78, 5) is 12.8. The summed E-state index contributed by atoms with van der Waals surface area (Å²) in [6.07, 6.45) is 1.06. The van der Waals surface area contributed by atoms with E-state index < -0.39 is 15.9 Å². The number of methoxy groups -OCH3 is 2. The molecule has 0 atom stereocenters. The Kier molecular flexibility index (Phi) is 6.14. The Bertz CT molecular complexity index is 913. The number of ether oxygens (including phenoxy) is 2. The number of anilines is 2. The van der Waals surface area contributed by atoms with Crippen molar-refractivity contribution in [2.75, 3.05) is 37.1 Å². The predicted octanol–water partition coefficient (Wildman–Crippen LogP) is 3.11. The number of benzene rings is 2. The van der Waals surface area contributed by atoms with Gasteiger partial charge < -0.3 is 14.8 Å². The standard InChI is InChI=1S/C17H19BrN2O5S/c1-20(26(4,22)23)14-10-16(25-3)15(24-2)9-13(14)17(21)19-12-7-5-11(18)6-8-12/h5-10H,1-4H3,(H,19,21). The van der Waals surface area contributed by atoms with Crippen LogP contribution in [-0.2, 0) is 10.0 Å². The number of amides is 1. The molecule has 26 heavy (non-hydrogen) atoms. The molecule has 0 aliphatic rings.